The highest BCUT2D eigenvalue weighted by Crippen LogP contribution is 2.32. The Hall–Kier alpha value is -4.04. The highest BCUT2D eigenvalue weighted by molar-refractivity contribution is 5.94. The van der Waals surface area contributed by atoms with E-state index in [2.05, 4.69) is 33.4 Å². The number of nitrogens with zero attached hydrogens (tertiary/aromatic N) is 4. The van der Waals surface area contributed by atoms with Crippen LogP contribution in [0.5, 0.6) is 0 Å². The number of carbonyl (C=O) groups is 1. The van der Waals surface area contributed by atoms with Crippen LogP contribution in [0.3, 0.4) is 0 Å². The molecule has 170 valence electrons. The third-order valence-electron chi connectivity index (χ3n) is 6.01. The molecule has 1 amide bonds. The number of nitrogens with one attached hydrogen (secondary N) is 1. The molecule has 0 saturated carbocycles. The zero-order valence-electron chi connectivity index (χ0n) is 18.9. The monoisotopic (exact) mass is 451 g/mol. The Morgan fingerprint density at radius 2 is 1.71 bits per heavy atom. The first-order chi connectivity index (χ1) is 16.6. The normalized spacial score (nSPS) is 16.4. The highest BCUT2D eigenvalue weighted by Gasteiger charge is 2.31. The average Bonchev–Trinajstić information content (AvgIpc) is 3.33. The third-order valence-corrected chi connectivity index (χ3v) is 6.01. The summed E-state index contributed by atoms with van der Waals surface area (Å²) in [6, 6.07) is 22.5. The maximum absolute atomic E-state index is 12.7. The Morgan fingerprint density at radius 1 is 1.06 bits per heavy atom. The molecule has 3 aromatic rings. The van der Waals surface area contributed by atoms with Crippen molar-refractivity contribution in [2.24, 2.45) is 0 Å². The van der Waals surface area contributed by atoms with Gasteiger partial charge in [0.2, 0.25) is 0 Å². The van der Waals surface area contributed by atoms with E-state index in [-0.39, 0.29) is 18.0 Å². The first-order valence-electron chi connectivity index (χ1n) is 11.1. The van der Waals surface area contributed by atoms with Crippen LogP contribution >= 0.6 is 0 Å². The molecule has 1 fully saturated rings. The second kappa shape index (κ2) is 10.7. The van der Waals surface area contributed by atoms with Gasteiger partial charge in [0.15, 0.2) is 0 Å². The van der Waals surface area contributed by atoms with Gasteiger partial charge in [0, 0.05) is 38.0 Å². The topological polar surface area (TPSA) is 102 Å². The Kier molecular flexibility index (Phi) is 7.29. The molecule has 1 aromatic heterocycles. The quantitative estimate of drug-likeness (QED) is 0.589. The van der Waals surface area contributed by atoms with E-state index in [1.165, 1.54) is 0 Å². The molecule has 1 aliphatic heterocycles. The molecule has 4 rings (SSSR count). The van der Waals surface area contributed by atoms with Gasteiger partial charge in [0.1, 0.15) is 0 Å². The highest BCUT2D eigenvalue weighted by atomic mass is 16.5. The second-order valence-electron chi connectivity index (χ2n) is 8.30. The molecular weight excluding hydrogens is 426 g/mol. The molecule has 0 bridgehead atoms. The number of likely N-dealkylation sites (tertiary alicyclic amines) is 1. The molecule has 34 heavy (non-hydrogen) atoms. The van der Waals surface area contributed by atoms with Crippen molar-refractivity contribution in [1.82, 2.24) is 15.2 Å². The molecule has 0 aliphatic carbocycles. The number of methoxy groups -OCH3 is 1. The van der Waals surface area contributed by atoms with Crippen LogP contribution in [-0.2, 0) is 11.3 Å². The summed E-state index contributed by atoms with van der Waals surface area (Å²) in [6.45, 7) is 1.95. The number of pyridine rings is 1. The van der Waals surface area contributed by atoms with Crippen molar-refractivity contribution in [1.29, 1.82) is 10.5 Å². The number of aromatic nitrogens is 1. The molecule has 0 radical (unpaired) electrons. The lowest BCUT2D eigenvalue weighted by atomic mass is 9.97. The third kappa shape index (κ3) is 5.29. The van der Waals surface area contributed by atoms with E-state index >= 15 is 0 Å². The van der Waals surface area contributed by atoms with Gasteiger partial charge in [-0.2, -0.15) is 10.5 Å². The minimum Gasteiger partial charge on any atom is -0.378 e. The molecular formula is C27H25N5O2. The van der Waals surface area contributed by atoms with Crippen molar-refractivity contribution in [2.75, 3.05) is 20.2 Å². The van der Waals surface area contributed by atoms with Crippen molar-refractivity contribution in [2.45, 2.75) is 25.1 Å². The molecule has 2 atom stereocenters. The lowest BCUT2D eigenvalue weighted by molar-refractivity contribution is 0.0937. The Labute approximate surface area is 199 Å². The predicted molar refractivity (Wildman–Crippen MR) is 127 cm³/mol. The van der Waals surface area contributed by atoms with Crippen LogP contribution in [-0.4, -0.2) is 42.0 Å². The second-order valence-corrected chi connectivity index (χ2v) is 8.30. The van der Waals surface area contributed by atoms with Crippen molar-refractivity contribution in [3.63, 3.8) is 0 Å². The number of hydrogen-bond donors (Lipinski definition) is 1. The Morgan fingerprint density at radius 3 is 2.29 bits per heavy atom. The van der Waals surface area contributed by atoms with Crippen LogP contribution in [0.1, 0.15) is 50.8 Å². The number of ether oxygens (including phenoxy) is 1. The van der Waals surface area contributed by atoms with E-state index in [4.69, 9.17) is 10.00 Å². The van der Waals surface area contributed by atoms with E-state index in [9.17, 15) is 10.1 Å². The van der Waals surface area contributed by atoms with Crippen LogP contribution in [0, 0.1) is 22.7 Å². The van der Waals surface area contributed by atoms with Crippen molar-refractivity contribution in [3.8, 4) is 12.1 Å². The zero-order chi connectivity index (χ0) is 23.9. The van der Waals surface area contributed by atoms with Gasteiger partial charge >= 0.3 is 0 Å². The summed E-state index contributed by atoms with van der Waals surface area (Å²) in [5, 5.41) is 21.3. The fraction of sp³-hybridized carbons (Fsp3) is 0.259. The fourth-order valence-electron chi connectivity index (χ4n) is 4.29. The maximum Gasteiger partial charge on any atom is 0.251 e. The van der Waals surface area contributed by atoms with Crippen LogP contribution in [0.25, 0.3) is 0 Å². The predicted octanol–water partition coefficient (Wildman–Crippen LogP) is 3.57. The van der Waals surface area contributed by atoms with Crippen LogP contribution in [0.15, 0.2) is 66.9 Å². The zero-order valence-corrected chi connectivity index (χ0v) is 18.9. The molecule has 1 aliphatic rings. The fourth-order valence-corrected chi connectivity index (χ4v) is 4.29. The number of nitriles is 2. The summed E-state index contributed by atoms with van der Waals surface area (Å²) in [5.74, 6) is -0.142. The van der Waals surface area contributed by atoms with E-state index in [0.717, 1.165) is 29.8 Å². The number of rotatable bonds is 7. The molecule has 2 heterocycles. The van der Waals surface area contributed by atoms with Gasteiger partial charge in [-0.3, -0.25) is 14.7 Å². The minimum atomic E-state index is -0.142. The van der Waals surface area contributed by atoms with E-state index in [1.54, 1.807) is 31.4 Å². The number of hydrogen-bond acceptors (Lipinski definition) is 6. The minimum absolute atomic E-state index is 0.00440. The van der Waals surface area contributed by atoms with Crippen LogP contribution < -0.4 is 5.32 Å². The molecule has 1 N–H and O–H groups in total. The van der Waals surface area contributed by atoms with Gasteiger partial charge in [-0.25, -0.2) is 0 Å². The maximum atomic E-state index is 12.7. The number of carbonyl (C=O) groups excluding carboxylic acids is 1. The standard InChI is InChI=1S/C27H25N5O2/c1-34-18-25-11-10-23(16-30-25)26(21-6-2-19(14-28)3-7-21)32-13-12-24(17-32)31-27(33)22-8-4-20(15-29)5-9-22/h2-11,16,24,26H,12-13,17-18H2,1H3,(H,31,33)/t24-,26?/m1/s1. The first-order valence-corrected chi connectivity index (χ1v) is 11.1. The van der Waals surface area contributed by atoms with E-state index in [1.807, 2.05) is 36.5 Å². The summed E-state index contributed by atoms with van der Waals surface area (Å²) in [5.41, 5.74) is 4.66. The van der Waals surface area contributed by atoms with Crippen LogP contribution in [0.2, 0.25) is 0 Å². The van der Waals surface area contributed by atoms with Crippen molar-refractivity contribution in [3.05, 3.63) is 100 Å². The SMILES string of the molecule is COCc1ccc(C(c2ccc(C#N)cc2)N2CC[C@@H](NC(=O)c3ccc(C#N)cc3)C2)cn1. The summed E-state index contributed by atoms with van der Waals surface area (Å²) < 4.78 is 5.18. The van der Waals surface area contributed by atoms with Crippen molar-refractivity contribution < 1.29 is 9.53 Å². The summed E-state index contributed by atoms with van der Waals surface area (Å²) in [7, 11) is 1.64. The molecule has 0 spiro atoms. The summed E-state index contributed by atoms with van der Waals surface area (Å²) >= 11 is 0. The molecule has 1 unspecified atom stereocenters. The number of amides is 1. The smallest absolute Gasteiger partial charge is 0.251 e. The molecule has 2 aromatic carbocycles. The van der Waals surface area contributed by atoms with Gasteiger partial charge in [0.05, 0.1) is 41.6 Å². The first kappa shape index (κ1) is 23.1. The Balaban J connectivity index is 1.52. The molecule has 7 nitrogen and oxygen atoms in total. The summed E-state index contributed by atoms with van der Waals surface area (Å²) in [6.07, 6.45) is 2.70. The van der Waals surface area contributed by atoms with Crippen molar-refractivity contribution >= 4 is 5.91 Å². The van der Waals surface area contributed by atoms with Gasteiger partial charge < -0.3 is 10.1 Å². The Bertz CT molecular complexity index is 1210. The molecule has 1 saturated heterocycles. The van der Waals surface area contributed by atoms with Gasteiger partial charge in [0.25, 0.3) is 5.91 Å². The van der Waals surface area contributed by atoms with E-state index < -0.39 is 0 Å². The summed E-state index contributed by atoms with van der Waals surface area (Å²) in [4.78, 5) is 19.6. The van der Waals surface area contributed by atoms with Crippen LogP contribution in [0.4, 0.5) is 0 Å². The van der Waals surface area contributed by atoms with Gasteiger partial charge in [-0.05, 0) is 60.0 Å². The largest absolute Gasteiger partial charge is 0.378 e. The average molecular weight is 452 g/mol. The lowest BCUT2D eigenvalue weighted by Crippen LogP contribution is -2.38. The number of benzene rings is 2. The lowest BCUT2D eigenvalue weighted by Gasteiger charge is -2.29. The molecule has 7 heteroatoms. The van der Waals surface area contributed by atoms with Gasteiger partial charge in [-0.15, -0.1) is 0 Å². The van der Waals surface area contributed by atoms with E-state index in [0.29, 0.717) is 29.8 Å². The van der Waals surface area contributed by atoms with Gasteiger partial charge in [-0.1, -0.05) is 18.2 Å².